The zero-order valence-corrected chi connectivity index (χ0v) is 16.2. The number of carbonyl (C=O) groups excluding carboxylic acids is 1. The van der Waals surface area contributed by atoms with Gasteiger partial charge in [0.15, 0.2) is 0 Å². The number of amides is 1. The van der Waals surface area contributed by atoms with Crippen molar-refractivity contribution in [3.05, 3.63) is 75.2 Å². The second-order valence-electron chi connectivity index (χ2n) is 6.05. The molecule has 1 aliphatic heterocycles. The lowest BCUT2D eigenvalue weighted by atomic mass is 10.2. The van der Waals surface area contributed by atoms with Crippen molar-refractivity contribution in [1.82, 2.24) is 9.80 Å². The van der Waals surface area contributed by atoms with Crippen molar-refractivity contribution in [2.75, 3.05) is 26.2 Å². The predicted molar refractivity (Wildman–Crippen MR) is 106 cm³/mol. The van der Waals surface area contributed by atoms with E-state index in [0.29, 0.717) is 5.02 Å². The quantitative estimate of drug-likeness (QED) is 0.683. The molecule has 1 amide bonds. The minimum atomic E-state index is 0.0421. The van der Waals surface area contributed by atoms with Gasteiger partial charge < -0.3 is 4.90 Å². The van der Waals surface area contributed by atoms with E-state index in [1.54, 1.807) is 12.2 Å². The summed E-state index contributed by atoms with van der Waals surface area (Å²) >= 11 is 9.71. The van der Waals surface area contributed by atoms with Crippen molar-refractivity contribution in [3.63, 3.8) is 0 Å². The molecule has 0 N–H and O–H groups in total. The van der Waals surface area contributed by atoms with E-state index in [-0.39, 0.29) is 5.91 Å². The van der Waals surface area contributed by atoms with Crippen LogP contribution in [-0.2, 0) is 11.3 Å². The molecule has 3 rings (SSSR count). The van der Waals surface area contributed by atoms with Crippen LogP contribution in [0, 0.1) is 0 Å². The predicted octanol–water partition coefficient (Wildman–Crippen LogP) is 4.46. The molecule has 3 nitrogen and oxygen atoms in total. The Bertz CT molecular complexity index is 770. The van der Waals surface area contributed by atoms with E-state index < -0.39 is 0 Å². The molecule has 0 spiro atoms. The Labute approximate surface area is 162 Å². The molecule has 0 bridgehead atoms. The molecule has 0 aromatic heterocycles. The van der Waals surface area contributed by atoms with Crippen LogP contribution in [0.25, 0.3) is 6.08 Å². The highest BCUT2D eigenvalue weighted by Gasteiger charge is 2.20. The summed E-state index contributed by atoms with van der Waals surface area (Å²) in [5.74, 6) is 0.0421. The molecule has 1 aliphatic rings. The first kappa shape index (κ1) is 18.2. The molecule has 25 heavy (non-hydrogen) atoms. The number of hydrogen-bond donors (Lipinski definition) is 0. The van der Waals surface area contributed by atoms with Crippen molar-refractivity contribution in [1.29, 1.82) is 0 Å². The van der Waals surface area contributed by atoms with E-state index in [1.165, 1.54) is 5.56 Å². The van der Waals surface area contributed by atoms with E-state index in [9.17, 15) is 4.79 Å². The fourth-order valence-electron chi connectivity index (χ4n) is 2.87. The van der Waals surface area contributed by atoms with Crippen molar-refractivity contribution < 1.29 is 4.79 Å². The summed E-state index contributed by atoms with van der Waals surface area (Å²) in [6.45, 7) is 4.16. The average molecular weight is 420 g/mol. The van der Waals surface area contributed by atoms with Gasteiger partial charge in [-0.05, 0) is 29.3 Å². The van der Waals surface area contributed by atoms with Crippen molar-refractivity contribution in [3.8, 4) is 0 Å². The molecule has 5 heteroatoms. The lowest BCUT2D eigenvalue weighted by Crippen LogP contribution is -2.47. The molecule has 0 saturated carbocycles. The molecule has 2 aromatic carbocycles. The highest BCUT2D eigenvalue weighted by Crippen LogP contribution is 2.19. The number of hydrogen-bond acceptors (Lipinski definition) is 2. The molecule has 1 heterocycles. The van der Waals surface area contributed by atoms with E-state index >= 15 is 0 Å². The molecule has 1 saturated heterocycles. The van der Waals surface area contributed by atoms with Crippen LogP contribution in [0.15, 0.2) is 59.1 Å². The average Bonchev–Trinajstić information content (AvgIpc) is 2.63. The van der Waals surface area contributed by atoms with Gasteiger partial charge in [0.1, 0.15) is 0 Å². The third kappa shape index (κ3) is 4.94. The Hall–Kier alpha value is -1.62. The summed E-state index contributed by atoms with van der Waals surface area (Å²) in [5, 5.41) is 0.657. The molecule has 0 unspecified atom stereocenters. The Morgan fingerprint density at radius 2 is 1.72 bits per heavy atom. The molecule has 0 aliphatic carbocycles. The summed E-state index contributed by atoms with van der Waals surface area (Å²) < 4.78 is 1.14. The maximum atomic E-state index is 12.4. The molecule has 0 atom stereocenters. The Morgan fingerprint density at radius 1 is 1.04 bits per heavy atom. The van der Waals surface area contributed by atoms with Crippen LogP contribution in [0.3, 0.4) is 0 Å². The standard InChI is InChI=1S/C20H20BrClN2O/c21-18-7-3-1-6-17(18)15-23-11-13-24(14-12-23)20(25)10-9-16-5-2-4-8-19(16)22/h1-10H,11-15H2/b10-9+. The summed E-state index contributed by atoms with van der Waals surface area (Å²) in [4.78, 5) is 16.6. The monoisotopic (exact) mass is 418 g/mol. The number of carbonyl (C=O) groups is 1. The zero-order chi connectivity index (χ0) is 17.6. The second kappa shape index (κ2) is 8.65. The van der Waals surface area contributed by atoms with Gasteiger partial charge in [-0.15, -0.1) is 0 Å². The van der Waals surface area contributed by atoms with Crippen LogP contribution >= 0.6 is 27.5 Å². The van der Waals surface area contributed by atoms with Gasteiger partial charge in [0.2, 0.25) is 5.91 Å². The Balaban J connectivity index is 1.53. The second-order valence-corrected chi connectivity index (χ2v) is 7.31. The van der Waals surface area contributed by atoms with E-state index in [0.717, 1.165) is 42.8 Å². The number of nitrogens with zero attached hydrogens (tertiary/aromatic N) is 2. The van der Waals surface area contributed by atoms with Gasteiger partial charge in [-0.3, -0.25) is 9.69 Å². The highest BCUT2D eigenvalue weighted by atomic mass is 79.9. The molecular weight excluding hydrogens is 400 g/mol. The van der Waals surface area contributed by atoms with Gasteiger partial charge in [0.05, 0.1) is 0 Å². The largest absolute Gasteiger partial charge is 0.337 e. The molecule has 130 valence electrons. The van der Waals surface area contributed by atoms with Crippen LogP contribution in [0.4, 0.5) is 0 Å². The van der Waals surface area contributed by atoms with Gasteiger partial charge in [-0.2, -0.15) is 0 Å². The van der Waals surface area contributed by atoms with Gasteiger partial charge >= 0.3 is 0 Å². The number of rotatable bonds is 4. The fraction of sp³-hybridized carbons (Fsp3) is 0.250. The Kier molecular flexibility index (Phi) is 6.29. The van der Waals surface area contributed by atoms with E-state index in [1.807, 2.05) is 35.2 Å². The van der Waals surface area contributed by atoms with Crippen LogP contribution < -0.4 is 0 Å². The van der Waals surface area contributed by atoms with Crippen LogP contribution in [0.1, 0.15) is 11.1 Å². The Morgan fingerprint density at radius 3 is 2.44 bits per heavy atom. The number of halogens is 2. The summed E-state index contributed by atoms with van der Waals surface area (Å²) in [5.41, 5.74) is 2.14. The van der Waals surface area contributed by atoms with Crippen LogP contribution in [-0.4, -0.2) is 41.9 Å². The maximum absolute atomic E-state index is 12.4. The van der Waals surface area contributed by atoms with Gasteiger partial charge in [-0.25, -0.2) is 0 Å². The zero-order valence-electron chi connectivity index (χ0n) is 13.9. The molecular formula is C20H20BrClN2O. The number of piperazine rings is 1. The highest BCUT2D eigenvalue weighted by molar-refractivity contribution is 9.10. The first-order chi connectivity index (χ1) is 12.1. The molecule has 1 fully saturated rings. The number of benzene rings is 2. The van der Waals surface area contributed by atoms with Crippen LogP contribution in [0.5, 0.6) is 0 Å². The van der Waals surface area contributed by atoms with Gasteiger partial charge in [0.25, 0.3) is 0 Å². The summed E-state index contributed by atoms with van der Waals surface area (Å²) in [6.07, 6.45) is 3.41. The lowest BCUT2D eigenvalue weighted by Gasteiger charge is -2.34. The minimum absolute atomic E-state index is 0.0421. The third-order valence-electron chi connectivity index (χ3n) is 4.35. The van der Waals surface area contributed by atoms with Gasteiger partial charge in [0, 0.05) is 48.3 Å². The molecule has 2 aromatic rings. The first-order valence-electron chi connectivity index (χ1n) is 8.31. The smallest absolute Gasteiger partial charge is 0.246 e. The van der Waals surface area contributed by atoms with Crippen molar-refractivity contribution >= 4 is 39.5 Å². The van der Waals surface area contributed by atoms with E-state index in [2.05, 4.69) is 39.0 Å². The van der Waals surface area contributed by atoms with Crippen molar-refractivity contribution in [2.24, 2.45) is 0 Å². The maximum Gasteiger partial charge on any atom is 0.246 e. The van der Waals surface area contributed by atoms with Gasteiger partial charge in [-0.1, -0.05) is 63.9 Å². The third-order valence-corrected chi connectivity index (χ3v) is 5.46. The topological polar surface area (TPSA) is 23.6 Å². The summed E-state index contributed by atoms with van der Waals surface area (Å²) in [7, 11) is 0. The fourth-order valence-corrected chi connectivity index (χ4v) is 3.48. The normalized spacial score (nSPS) is 15.7. The lowest BCUT2D eigenvalue weighted by molar-refractivity contribution is -0.127. The van der Waals surface area contributed by atoms with E-state index in [4.69, 9.17) is 11.6 Å². The first-order valence-corrected chi connectivity index (χ1v) is 9.48. The van der Waals surface area contributed by atoms with Crippen molar-refractivity contribution in [2.45, 2.75) is 6.54 Å². The van der Waals surface area contributed by atoms with Crippen LogP contribution in [0.2, 0.25) is 5.02 Å². The molecule has 0 radical (unpaired) electrons. The summed E-state index contributed by atoms with van der Waals surface area (Å²) in [6, 6.07) is 15.8. The minimum Gasteiger partial charge on any atom is -0.337 e. The SMILES string of the molecule is O=C(/C=C/c1ccccc1Cl)N1CCN(Cc2ccccc2Br)CC1.